The molecule has 0 atom stereocenters. The number of carbonyl (C=O) groups is 1. The molecule has 1 saturated heterocycles. The van der Waals surface area contributed by atoms with Gasteiger partial charge in [0.05, 0.1) is 0 Å². The maximum atomic E-state index is 11.3. The minimum atomic E-state index is -0.0722. The number of aryl methyl sites for hydroxylation is 1. The van der Waals surface area contributed by atoms with E-state index in [0.29, 0.717) is 11.7 Å². The molecule has 1 aromatic heterocycles. The van der Waals surface area contributed by atoms with Gasteiger partial charge < -0.3 is 4.74 Å². The lowest BCUT2D eigenvalue weighted by Crippen LogP contribution is -2.17. The van der Waals surface area contributed by atoms with Gasteiger partial charge in [0.25, 0.3) is 0 Å². The van der Waals surface area contributed by atoms with Gasteiger partial charge in [-0.25, -0.2) is 9.97 Å². The van der Waals surface area contributed by atoms with Crippen LogP contribution in [0.1, 0.15) is 47.7 Å². The Bertz CT molecular complexity index is 398. The van der Waals surface area contributed by atoms with E-state index >= 15 is 0 Å². The first-order valence-electron chi connectivity index (χ1n) is 5.61. The van der Waals surface area contributed by atoms with Gasteiger partial charge in [-0.3, -0.25) is 4.79 Å². The van der Waals surface area contributed by atoms with Gasteiger partial charge in [0.1, 0.15) is 0 Å². The standard InChI is InChI=1S/C12H16N2O2/c1-8-7-11(10-3-5-16-6-4-10)14-12(13-8)9(2)15/h7,10H,3-6H2,1-2H3. The number of hydrogen-bond donors (Lipinski definition) is 0. The average Bonchev–Trinajstić information content (AvgIpc) is 2.29. The smallest absolute Gasteiger partial charge is 0.196 e. The van der Waals surface area contributed by atoms with Crippen molar-refractivity contribution in [3.05, 3.63) is 23.3 Å². The number of carbonyl (C=O) groups excluding carboxylic acids is 1. The van der Waals surface area contributed by atoms with Crippen LogP contribution in [0.5, 0.6) is 0 Å². The summed E-state index contributed by atoms with van der Waals surface area (Å²) in [4.78, 5) is 19.8. The first-order chi connectivity index (χ1) is 7.66. The highest BCUT2D eigenvalue weighted by molar-refractivity contribution is 5.90. The summed E-state index contributed by atoms with van der Waals surface area (Å²) in [5.74, 6) is 0.673. The van der Waals surface area contributed by atoms with Crippen molar-refractivity contribution in [2.24, 2.45) is 0 Å². The van der Waals surface area contributed by atoms with E-state index in [4.69, 9.17) is 4.74 Å². The third kappa shape index (κ3) is 2.44. The Balaban J connectivity index is 2.28. The minimum absolute atomic E-state index is 0.0722. The van der Waals surface area contributed by atoms with Crippen molar-refractivity contribution in [2.45, 2.75) is 32.6 Å². The van der Waals surface area contributed by atoms with E-state index in [1.54, 1.807) is 0 Å². The van der Waals surface area contributed by atoms with Crippen molar-refractivity contribution in [1.29, 1.82) is 0 Å². The Morgan fingerprint density at radius 2 is 2.06 bits per heavy atom. The summed E-state index contributed by atoms with van der Waals surface area (Å²) >= 11 is 0. The van der Waals surface area contributed by atoms with Crippen LogP contribution in [0.25, 0.3) is 0 Å². The number of nitrogens with zero attached hydrogens (tertiary/aromatic N) is 2. The highest BCUT2D eigenvalue weighted by Crippen LogP contribution is 2.25. The molecular weight excluding hydrogens is 204 g/mol. The zero-order chi connectivity index (χ0) is 11.5. The predicted octanol–water partition coefficient (Wildman–Crippen LogP) is 1.88. The zero-order valence-corrected chi connectivity index (χ0v) is 9.69. The Morgan fingerprint density at radius 3 is 2.69 bits per heavy atom. The second-order valence-corrected chi connectivity index (χ2v) is 4.20. The molecule has 1 aliphatic rings. The molecule has 0 bridgehead atoms. The number of ketones is 1. The summed E-state index contributed by atoms with van der Waals surface area (Å²) in [6.45, 7) is 4.96. The first kappa shape index (κ1) is 11.2. The number of rotatable bonds is 2. The largest absolute Gasteiger partial charge is 0.381 e. The zero-order valence-electron chi connectivity index (χ0n) is 9.69. The van der Waals surface area contributed by atoms with Crippen LogP contribution in [0.2, 0.25) is 0 Å². The lowest BCUT2D eigenvalue weighted by atomic mass is 9.96. The number of ether oxygens (including phenoxy) is 1. The molecule has 1 fully saturated rings. The molecule has 0 spiro atoms. The second kappa shape index (κ2) is 4.70. The summed E-state index contributed by atoms with van der Waals surface area (Å²) in [5, 5.41) is 0. The van der Waals surface area contributed by atoms with E-state index in [9.17, 15) is 4.79 Å². The minimum Gasteiger partial charge on any atom is -0.381 e. The van der Waals surface area contributed by atoms with Crippen molar-refractivity contribution in [2.75, 3.05) is 13.2 Å². The summed E-state index contributed by atoms with van der Waals surface area (Å²) in [6, 6.07) is 1.97. The van der Waals surface area contributed by atoms with Crippen molar-refractivity contribution < 1.29 is 9.53 Å². The normalized spacial score (nSPS) is 17.4. The van der Waals surface area contributed by atoms with Crippen molar-refractivity contribution in [1.82, 2.24) is 9.97 Å². The lowest BCUT2D eigenvalue weighted by Gasteiger charge is -2.21. The molecule has 4 heteroatoms. The Hall–Kier alpha value is -1.29. The molecule has 1 aromatic rings. The van der Waals surface area contributed by atoms with E-state index in [1.165, 1.54) is 6.92 Å². The molecular formula is C12H16N2O2. The molecule has 86 valence electrons. The molecule has 0 N–H and O–H groups in total. The van der Waals surface area contributed by atoms with Gasteiger partial charge in [0, 0.05) is 37.4 Å². The molecule has 0 saturated carbocycles. The van der Waals surface area contributed by atoms with Crippen LogP contribution in [0, 0.1) is 6.92 Å². The molecule has 0 aliphatic carbocycles. The van der Waals surface area contributed by atoms with Gasteiger partial charge >= 0.3 is 0 Å². The van der Waals surface area contributed by atoms with Gasteiger partial charge in [0.15, 0.2) is 11.6 Å². The monoisotopic (exact) mass is 220 g/mol. The van der Waals surface area contributed by atoms with E-state index in [2.05, 4.69) is 9.97 Å². The fraction of sp³-hybridized carbons (Fsp3) is 0.583. The van der Waals surface area contributed by atoms with Crippen molar-refractivity contribution in [3.63, 3.8) is 0 Å². The van der Waals surface area contributed by atoms with E-state index in [-0.39, 0.29) is 5.78 Å². The molecule has 0 unspecified atom stereocenters. The van der Waals surface area contributed by atoms with Crippen LogP contribution in [-0.2, 0) is 4.74 Å². The summed E-state index contributed by atoms with van der Waals surface area (Å²) in [7, 11) is 0. The fourth-order valence-electron chi connectivity index (χ4n) is 1.95. The van der Waals surface area contributed by atoms with Crippen LogP contribution in [0.15, 0.2) is 6.07 Å². The fourth-order valence-corrected chi connectivity index (χ4v) is 1.95. The van der Waals surface area contributed by atoms with Crippen LogP contribution in [0.3, 0.4) is 0 Å². The number of aromatic nitrogens is 2. The Labute approximate surface area is 95.1 Å². The average molecular weight is 220 g/mol. The van der Waals surface area contributed by atoms with Gasteiger partial charge in [-0.2, -0.15) is 0 Å². The molecule has 16 heavy (non-hydrogen) atoms. The summed E-state index contributed by atoms with van der Waals surface area (Å²) < 4.78 is 5.32. The maximum Gasteiger partial charge on any atom is 0.196 e. The molecule has 4 nitrogen and oxygen atoms in total. The Morgan fingerprint density at radius 1 is 1.38 bits per heavy atom. The molecule has 0 radical (unpaired) electrons. The van der Waals surface area contributed by atoms with Crippen LogP contribution < -0.4 is 0 Å². The molecule has 1 aliphatic heterocycles. The van der Waals surface area contributed by atoms with Gasteiger partial charge in [-0.1, -0.05) is 0 Å². The number of hydrogen-bond acceptors (Lipinski definition) is 4. The van der Waals surface area contributed by atoms with Crippen molar-refractivity contribution in [3.8, 4) is 0 Å². The topological polar surface area (TPSA) is 52.1 Å². The van der Waals surface area contributed by atoms with E-state index in [0.717, 1.165) is 37.4 Å². The second-order valence-electron chi connectivity index (χ2n) is 4.20. The first-order valence-corrected chi connectivity index (χ1v) is 5.61. The van der Waals surface area contributed by atoms with Crippen molar-refractivity contribution >= 4 is 5.78 Å². The Kier molecular flexibility index (Phi) is 3.29. The van der Waals surface area contributed by atoms with Gasteiger partial charge in [0.2, 0.25) is 0 Å². The quantitative estimate of drug-likeness (QED) is 0.714. The molecule has 2 heterocycles. The highest BCUT2D eigenvalue weighted by atomic mass is 16.5. The molecule has 0 amide bonds. The predicted molar refractivity (Wildman–Crippen MR) is 59.6 cm³/mol. The molecule has 0 aromatic carbocycles. The summed E-state index contributed by atoms with van der Waals surface area (Å²) in [5.41, 5.74) is 1.85. The van der Waals surface area contributed by atoms with Crippen LogP contribution in [-0.4, -0.2) is 29.0 Å². The SMILES string of the molecule is CC(=O)c1nc(C)cc(C2CCOCC2)n1. The number of Topliss-reactive ketones (excluding diaryl/α,β-unsaturated/α-hetero) is 1. The highest BCUT2D eigenvalue weighted by Gasteiger charge is 2.19. The van der Waals surface area contributed by atoms with Crippen LogP contribution in [0.4, 0.5) is 0 Å². The summed E-state index contributed by atoms with van der Waals surface area (Å²) in [6.07, 6.45) is 1.96. The lowest BCUT2D eigenvalue weighted by molar-refractivity contribution is 0.0843. The molecule has 2 rings (SSSR count). The van der Waals surface area contributed by atoms with E-state index in [1.807, 2.05) is 13.0 Å². The van der Waals surface area contributed by atoms with E-state index < -0.39 is 0 Å². The third-order valence-electron chi connectivity index (χ3n) is 2.83. The van der Waals surface area contributed by atoms with Gasteiger partial charge in [-0.15, -0.1) is 0 Å². The van der Waals surface area contributed by atoms with Gasteiger partial charge in [-0.05, 0) is 25.8 Å². The maximum absolute atomic E-state index is 11.3. The third-order valence-corrected chi connectivity index (χ3v) is 2.83. The van der Waals surface area contributed by atoms with Crippen LogP contribution >= 0.6 is 0 Å².